The first-order valence-electron chi connectivity index (χ1n) is 9.02. The van der Waals surface area contributed by atoms with Crippen LogP contribution < -0.4 is 14.8 Å². The molecule has 2 aromatic carbocycles. The van der Waals surface area contributed by atoms with Gasteiger partial charge in [0.15, 0.2) is 0 Å². The maximum absolute atomic E-state index is 6.14. The Labute approximate surface area is 145 Å². The lowest BCUT2D eigenvalue weighted by Gasteiger charge is -2.26. The van der Waals surface area contributed by atoms with E-state index in [0.717, 1.165) is 50.3 Å². The van der Waals surface area contributed by atoms with Crippen LogP contribution in [0.4, 0.5) is 0 Å². The van der Waals surface area contributed by atoms with Crippen molar-refractivity contribution in [3.63, 3.8) is 0 Å². The Bertz CT molecular complexity index is 627. The van der Waals surface area contributed by atoms with Gasteiger partial charge in [-0.3, -0.25) is 0 Å². The van der Waals surface area contributed by atoms with Crippen LogP contribution in [0, 0.1) is 0 Å². The van der Waals surface area contributed by atoms with Crippen molar-refractivity contribution in [3.05, 3.63) is 59.7 Å². The first-order valence-corrected chi connectivity index (χ1v) is 9.02. The zero-order valence-electron chi connectivity index (χ0n) is 14.5. The Morgan fingerprint density at radius 1 is 1.17 bits per heavy atom. The van der Waals surface area contributed by atoms with E-state index in [1.165, 1.54) is 11.1 Å². The van der Waals surface area contributed by atoms with Gasteiger partial charge in [0.1, 0.15) is 17.6 Å². The number of aryl methyl sites for hydroxylation is 1. The number of nitrogens with one attached hydrogen (secondary N) is 1. The molecule has 3 rings (SSSR count). The van der Waals surface area contributed by atoms with Crippen LogP contribution in [0.5, 0.6) is 11.5 Å². The normalized spacial score (nSPS) is 16.3. The lowest BCUT2D eigenvalue weighted by molar-refractivity contribution is 0.170. The summed E-state index contributed by atoms with van der Waals surface area (Å²) >= 11 is 0. The number of fused-ring (bicyclic) bond motifs is 1. The van der Waals surface area contributed by atoms with Crippen molar-refractivity contribution in [3.8, 4) is 11.5 Å². The molecule has 3 nitrogen and oxygen atoms in total. The maximum atomic E-state index is 6.14. The standard InChI is InChI=1S/C21H27NO2/c1-2-13-22-16-20-11-9-18-8-10-19(15-21(18)24-20)23-14-12-17-6-4-3-5-7-17/h3-8,10,15,20,22H,2,9,11-14,16H2,1H3. The molecule has 0 amide bonds. The summed E-state index contributed by atoms with van der Waals surface area (Å²) in [5.41, 5.74) is 2.59. The number of hydrogen-bond donors (Lipinski definition) is 1. The predicted octanol–water partition coefficient (Wildman–Crippen LogP) is 4.00. The highest BCUT2D eigenvalue weighted by atomic mass is 16.5. The van der Waals surface area contributed by atoms with Crippen LogP contribution in [0.3, 0.4) is 0 Å². The number of ether oxygens (including phenoxy) is 2. The SMILES string of the molecule is CCCNCC1CCc2ccc(OCCc3ccccc3)cc2O1. The fraction of sp³-hybridized carbons (Fsp3) is 0.429. The highest BCUT2D eigenvalue weighted by molar-refractivity contribution is 5.42. The molecule has 1 N–H and O–H groups in total. The Balaban J connectivity index is 1.52. The van der Waals surface area contributed by atoms with Gasteiger partial charge in [-0.15, -0.1) is 0 Å². The largest absolute Gasteiger partial charge is 0.493 e. The molecule has 0 saturated heterocycles. The second kappa shape index (κ2) is 8.74. The van der Waals surface area contributed by atoms with Crippen LogP contribution in [-0.4, -0.2) is 25.8 Å². The summed E-state index contributed by atoms with van der Waals surface area (Å²) in [5.74, 6) is 1.88. The van der Waals surface area contributed by atoms with E-state index in [1.807, 2.05) is 12.1 Å². The fourth-order valence-corrected chi connectivity index (χ4v) is 3.01. The van der Waals surface area contributed by atoms with Crippen molar-refractivity contribution in [2.75, 3.05) is 19.7 Å². The van der Waals surface area contributed by atoms with Crippen molar-refractivity contribution >= 4 is 0 Å². The topological polar surface area (TPSA) is 30.5 Å². The molecule has 3 heteroatoms. The van der Waals surface area contributed by atoms with Gasteiger partial charge in [0.05, 0.1) is 6.61 Å². The van der Waals surface area contributed by atoms with E-state index < -0.39 is 0 Å². The third-order valence-electron chi connectivity index (χ3n) is 4.37. The number of benzene rings is 2. The van der Waals surface area contributed by atoms with E-state index in [0.29, 0.717) is 6.61 Å². The Morgan fingerprint density at radius 2 is 2.04 bits per heavy atom. The van der Waals surface area contributed by atoms with Crippen LogP contribution in [0.15, 0.2) is 48.5 Å². The van der Waals surface area contributed by atoms with Crippen LogP contribution in [0.2, 0.25) is 0 Å². The van der Waals surface area contributed by atoms with Crippen molar-refractivity contribution in [1.82, 2.24) is 5.32 Å². The third kappa shape index (κ3) is 4.75. The van der Waals surface area contributed by atoms with Crippen LogP contribution >= 0.6 is 0 Å². The Hall–Kier alpha value is -2.00. The second-order valence-corrected chi connectivity index (χ2v) is 6.34. The summed E-state index contributed by atoms with van der Waals surface area (Å²) in [6, 6.07) is 16.7. The molecule has 0 aliphatic carbocycles. The minimum absolute atomic E-state index is 0.267. The highest BCUT2D eigenvalue weighted by Crippen LogP contribution is 2.31. The Morgan fingerprint density at radius 3 is 2.88 bits per heavy atom. The first-order chi connectivity index (χ1) is 11.8. The van der Waals surface area contributed by atoms with Gasteiger partial charge < -0.3 is 14.8 Å². The summed E-state index contributed by atoms with van der Waals surface area (Å²) in [6.07, 6.45) is 4.50. The molecule has 24 heavy (non-hydrogen) atoms. The van der Waals surface area contributed by atoms with E-state index in [1.54, 1.807) is 0 Å². The predicted molar refractivity (Wildman–Crippen MR) is 98.0 cm³/mol. The van der Waals surface area contributed by atoms with Gasteiger partial charge in [0.25, 0.3) is 0 Å². The van der Waals surface area contributed by atoms with E-state index in [9.17, 15) is 0 Å². The van der Waals surface area contributed by atoms with Crippen molar-refractivity contribution < 1.29 is 9.47 Å². The summed E-state index contributed by atoms with van der Waals surface area (Å²) in [6.45, 7) is 4.84. The van der Waals surface area contributed by atoms with Crippen molar-refractivity contribution in [1.29, 1.82) is 0 Å². The molecule has 1 atom stereocenters. The van der Waals surface area contributed by atoms with Gasteiger partial charge in [-0.1, -0.05) is 43.3 Å². The molecule has 128 valence electrons. The van der Waals surface area contributed by atoms with Crippen LogP contribution in [0.1, 0.15) is 30.9 Å². The van der Waals surface area contributed by atoms with E-state index in [-0.39, 0.29) is 6.10 Å². The molecular weight excluding hydrogens is 298 g/mol. The molecule has 1 aliphatic heterocycles. The van der Waals surface area contributed by atoms with Gasteiger partial charge in [-0.05, 0) is 43.0 Å². The summed E-state index contributed by atoms with van der Waals surface area (Å²) in [4.78, 5) is 0. The molecule has 0 saturated carbocycles. The average molecular weight is 325 g/mol. The van der Waals surface area contributed by atoms with Crippen LogP contribution in [0.25, 0.3) is 0 Å². The molecule has 0 bridgehead atoms. The zero-order chi connectivity index (χ0) is 16.6. The van der Waals surface area contributed by atoms with Crippen LogP contribution in [-0.2, 0) is 12.8 Å². The van der Waals surface area contributed by atoms with E-state index in [4.69, 9.17) is 9.47 Å². The third-order valence-corrected chi connectivity index (χ3v) is 4.37. The number of rotatable bonds is 8. The molecule has 1 unspecified atom stereocenters. The molecule has 1 aliphatic rings. The second-order valence-electron chi connectivity index (χ2n) is 6.34. The number of hydrogen-bond acceptors (Lipinski definition) is 3. The average Bonchev–Trinajstić information content (AvgIpc) is 2.62. The van der Waals surface area contributed by atoms with Gasteiger partial charge in [-0.25, -0.2) is 0 Å². The molecule has 2 aromatic rings. The first kappa shape index (κ1) is 16.8. The van der Waals surface area contributed by atoms with Gasteiger partial charge in [-0.2, -0.15) is 0 Å². The minimum Gasteiger partial charge on any atom is -0.493 e. The minimum atomic E-state index is 0.267. The quantitative estimate of drug-likeness (QED) is 0.744. The lowest BCUT2D eigenvalue weighted by Crippen LogP contribution is -2.34. The summed E-state index contributed by atoms with van der Waals surface area (Å²) < 4.78 is 12.1. The van der Waals surface area contributed by atoms with E-state index in [2.05, 4.69) is 48.6 Å². The smallest absolute Gasteiger partial charge is 0.126 e. The monoisotopic (exact) mass is 325 g/mol. The molecule has 0 aromatic heterocycles. The van der Waals surface area contributed by atoms with Crippen molar-refractivity contribution in [2.45, 2.75) is 38.7 Å². The van der Waals surface area contributed by atoms with Gasteiger partial charge >= 0.3 is 0 Å². The van der Waals surface area contributed by atoms with E-state index >= 15 is 0 Å². The zero-order valence-corrected chi connectivity index (χ0v) is 14.5. The highest BCUT2D eigenvalue weighted by Gasteiger charge is 2.19. The van der Waals surface area contributed by atoms with Gasteiger partial charge in [0.2, 0.25) is 0 Å². The lowest BCUT2D eigenvalue weighted by atomic mass is 10.0. The molecule has 0 spiro atoms. The molecule has 0 radical (unpaired) electrons. The summed E-state index contributed by atoms with van der Waals surface area (Å²) in [7, 11) is 0. The van der Waals surface area contributed by atoms with Crippen molar-refractivity contribution in [2.24, 2.45) is 0 Å². The summed E-state index contributed by atoms with van der Waals surface area (Å²) in [5, 5.41) is 3.45. The molecular formula is C21H27NO2. The molecule has 1 heterocycles. The molecule has 0 fully saturated rings. The maximum Gasteiger partial charge on any atom is 0.126 e. The van der Waals surface area contributed by atoms with Gasteiger partial charge in [0, 0.05) is 19.0 Å². The fourth-order valence-electron chi connectivity index (χ4n) is 3.01. The Kier molecular flexibility index (Phi) is 6.13.